The Labute approximate surface area is 241 Å². The van der Waals surface area contributed by atoms with Crippen LogP contribution in [0.15, 0.2) is 75.6 Å². The Morgan fingerprint density at radius 1 is 1.10 bits per heavy atom. The largest absolute Gasteiger partial charge is 0.484 e. The number of benzene rings is 2. The Morgan fingerprint density at radius 3 is 2.52 bits per heavy atom. The molecule has 3 N–H and O–H groups in total. The van der Waals surface area contributed by atoms with Crippen LogP contribution in [0, 0.1) is 0 Å². The fourth-order valence-electron chi connectivity index (χ4n) is 3.88. The van der Waals surface area contributed by atoms with Crippen molar-refractivity contribution >= 4 is 66.6 Å². The summed E-state index contributed by atoms with van der Waals surface area (Å²) in [6, 6.07) is 17.1. The summed E-state index contributed by atoms with van der Waals surface area (Å²) in [7, 11) is 0. The van der Waals surface area contributed by atoms with Crippen molar-refractivity contribution in [3.63, 3.8) is 0 Å². The molecule has 2 amide bonds. The van der Waals surface area contributed by atoms with Crippen LogP contribution >= 0.6 is 38.9 Å². The molecule has 5 rings (SSSR count). The number of nitrogens with two attached hydrogens (primary N) is 1. The molecular formula is C27H16BrClF3N3O4S. The summed E-state index contributed by atoms with van der Waals surface area (Å²) >= 11 is 10.1. The van der Waals surface area contributed by atoms with Crippen LogP contribution in [-0.4, -0.2) is 16.8 Å². The monoisotopic (exact) mass is 649 g/mol. The minimum absolute atomic E-state index is 0.0369. The van der Waals surface area contributed by atoms with Crippen LogP contribution in [0.4, 0.5) is 18.9 Å². The highest BCUT2D eigenvalue weighted by molar-refractivity contribution is 9.10. The number of hydrogen-bond acceptors (Lipinski definition) is 6. The van der Waals surface area contributed by atoms with Gasteiger partial charge >= 0.3 is 6.18 Å². The molecule has 3 heterocycles. The molecule has 13 heteroatoms. The zero-order valence-electron chi connectivity index (χ0n) is 20.0. The summed E-state index contributed by atoms with van der Waals surface area (Å²) in [6.07, 6.45) is -4.74. The molecule has 204 valence electrons. The highest BCUT2D eigenvalue weighted by Gasteiger charge is 2.35. The van der Waals surface area contributed by atoms with E-state index in [9.17, 15) is 22.8 Å². The van der Waals surface area contributed by atoms with Gasteiger partial charge in [0, 0.05) is 9.86 Å². The summed E-state index contributed by atoms with van der Waals surface area (Å²) in [6.45, 7) is -0.0369. The van der Waals surface area contributed by atoms with Crippen molar-refractivity contribution in [1.29, 1.82) is 0 Å². The van der Waals surface area contributed by atoms with E-state index in [1.807, 2.05) is 0 Å². The number of fused-ring (bicyclic) bond motifs is 1. The number of hydrogen-bond donors (Lipinski definition) is 2. The van der Waals surface area contributed by atoms with Crippen LogP contribution in [0.3, 0.4) is 0 Å². The number of halogens is 5. The van der Waals surface area contributed by atoms with E-state index in [1.54, 1.807) is 48.5 Å². The third-order valence-electron chi connectivity index (χ3n) is 5.65. The fourth-order valence-corrected chi connectivity index (χ4v) is 5.61. The van der Waals surface area contributed by atoms with E-state index in [-0.39, 0.29) is 38.7 Å². The van der Waals surface area contributed by atoms with Crippen molar-refractivity contribution in [1.82, 2.24) is 4.98 Å². The standard InChI is InChI=1S/C27H16BrClF3N3O4S/c28-14-6-8-18(17(29)10-14)38-12-15-7-9-19(39-15)25(37)35-22-21-16(13-4-2-1-3-5-13)11-20(27(30,31)32)34-26(21)40-23(22)24(33)36/h1-11H,12H2,(H2,33,36)(H,35,37). The van der Waals surface area contributed by atoms with Crippen LogP contribution in [-0.2, 0) is 12.8 Å². The number of rotatable bonds is 7. The Hall–Kier alpha value is -3.87. The summed E-state index contributed by atoms with van der Waals surface area (Å²) in [4.78, 5) is 28.9. The normalized spacial score (nSPS) is 11.5. The predicted octanol–water partition coefficient (Wildman–Crippen LogP) is 7.92. The van der Waals surface area contributed by atoms with Gasteiger partial charge in [-0.15, -0.1) is 11.3 Å². The van der Waals surface area contributed by atoms with Gasteiger partial charge in [0.15, 0.2) is 5.76 Å². The van der Waals surface area contributed by atoms with Gasteiger partial charge in [-0.25, -0.2) is 4.98 Å². The average Bonchev–Trinajstić information content (AvgIpc) is 3.53. The summed E-state index contributed by atoms with van der Waals surface area (Å²) in [5.74, 6) is -1.12. The Kier molecular flexibility index (Phi) is 7.58. The average molecular weight is 651 g/mol. The van der Waals surface area contributed by atoms with Crippen LogP contribution in [0.2, 0.25) is 5.02 Å². The molecule has 0 radical (unpaired) electrons. The van der Waals surface area contributed by atoms with E-state index >= 15 is 0 Å². The van der Waals surface area contributed by atoms with Crippen molar-refractivity contribution in [2.45, 2.75) is 12.8 Å². The van der Waals surface area contributed by atoms with Gasteiger partial charge < -0.3 is 20.2 Å². The number of primary amides is 1. The molecule has 0 atom stereocenters. The van der Waals surface area contributed by atoms with Gasteiger partial charge in [0.05, 0.1) is 10.7 Å². The molecule has 0 spiro atoms. The lowest BCUT2D eigenvalue weighted by Crippen LogP contribution is -2.16. The maximum Gasteiger partial charge on any atom is 0.433 e. The SMILES string of the molecule is NC(=O)c1sc2nc(C(F)(F)F)cc(-c3ccccc3)c2c1NC(=O)c1ccc(COc2ccc(Br)cc2Cl)o1. The molecule has 5 aromatic rings. The second kappa shape index (κ2) is 11.0. The van der Waals surface area contributed by atoms with Gasteiger partial charge in [0.2, 0.25) is 0 Å². The Bertz CT molecular complexity index is 1760. The van der Waals surface area contributed by atoms with E-state index < -0.39 is 23.7 Å². The Balaban J connectivity index is 1.50. The highest BCUT2D eigenvalue weighted by Crippen LogP contribution is 2.43. The number of nitrogens with zero attached hydrogens (tertiary/aromatic N) is 1. The minimum atomic E-state index is -4.74. The first-order valence-electron chi connectivity index (χ1n) is 11.4. The quantitative estimate of drug-likeness (QED) is 0.186. The first-order chi connectivity index (χ1) is 19.0. The molecular weight excluding hydrogens is 635 g/mol. The number of amides is 2. The molecule has 0 aliphatic rings. The maximum atomic E-state index is 13.7. The number of alkyl halides is 3. The molecule has 40 heavy (non-hydrogen) atoms. The van der Waals surface area contributed by atoms with Gasteiger partial charge in [0.25, 0.3) is 11.8 Å². The van der Waals surface area contributed by atoms with Gasteiger partial charge in [-0.3, -0.25) is 9.59 Å². The number of anilines is 1. The molecule has 0 saturated carbocycles. The number of furan rings is 1. The summed E-state index contributed by atoms with van der Waals surface area (Å²) < 4.78 is 53.0. The lowest BCUT2D eigenvalue weighted by atomic mass is 10.0. The molecule has 2 aromatic carbocycles. The number of pyridine rings is 1. The van der Waals surface area contributed by atoms with Crippen LogP contribution < -0.4 is 15.8 Å². The second-order valence-corrected chi connectivity index (χ2v) is 10.7. The fraction of sp³-hybridized carbons (Fsp3) is 0.0741. The number of carbonyl (C=O) groups excluding carboxylic acids is 2. The van der Waals surface area contributed by atoms with Crippen LogP contribution in [0.1, 0.15) is 31.7 Å². The zero-order valence-corrected chi connectivity index (χ0v) is 23.2. The topological polar surface area (TPSA) is 107 Å². The molecule has 3 aromatic heterocycles. The first kappa shape index (κ1) is 27.7. The molecule has 0 unspecified atom stereocenters. The van der Waals surface area contributed by atoms with Crippen molar-refractivity contribution < 1.29 is 31.9 Å². The van der Waals surface area contributed by atoms with Crippen molar-refractivity contribution in [2.75, 3.05) is 5.32 Å². The number of thiophene rings is 1. The van der Waals surface area contributed by atoms with E-state index in [2.05, 4.69) is 26.2 Å². The summed E-state index contributed by atoms with van der Waals surface area (Å²) in [5, 5.41) is 3.11. The molecule has 0 bridgehead atoms. The molecule has 0 saturated heterocycles. The minimum Gasteiger partial charge on any atom is -0.484 e. The van der Waals surface area contributed by atoms with Crippen LogP contribution in [0.25, 0.3) is 21.3 Å². The molecule has 0 aliphatic heterocycles. The Morgan fingerprint density at radius 2 is 1.85 bits per heavy atom. The van der Waals surface area contributed by atoms with E-state index in [4.69, 9.17) is 26.5 Å². The second-order valence-electron chi connectivity index (χ2n) is 8.35. The molecule has 0 aliphatic carbocycles. The van der Waals surface area contributed by atoms with Gasteiger partial charge in [-0.2, -0.15) is 13.2 Å². The van der Waals surface area contributed by atoms with E-state index in [0.29, 0.717) is 33.4 Å². The number of aromatic nitrogens is 1. The number of carbonyl (C=O) groups is 2. The lowest BCUT2D eigenvalue weighted by molar-refractivity contribution is -0.140. The van der Waals surface area contributed by atoms with Gasteiger partial charge in [0.1, 0.15) is 33.5 Å². The molecule has 7 nitrogen and oxygen atoms in total. The van der Waals surface area contributed by atoms with Crippen molar-refractivity contribution in [3.05, 3.63) is 98.3 Å². The maximum absolute atomic E-state index is 13.7. The van der Waals surface area contributed by atoms with E-state index in [1.165, 1.54) is 12.1 Å². The zero-order chi connectivity index (χ0) is 28.6. The van der Waals surface area contributed by atoms with Gasteiger partial charge in [-0.1, -0.05) is 57.9 Å². The predicted molar refractivity (Wildman–Crippen MR) is 149 cm³/mol. The number of nitrogens with one attached hydrogen (secondary N) is 1. The smallest absolute Gasteiger partial charge is 0.433 e. The van der Waals surface area contributed by atoms with E-state index in [0.717, 1.165) is 10.5 Å². The van der Waals surface area contributed by atoms with Gasteiger partial charge in [-0.05, 0) is 47.5 Å². The number of ether oxygens (including phenoxy) is 1. The lowest BCUT2D eigenvalue weighted by Gasteiger charge is -2.12. The summed E-state index contributed by atoms with van der Waals surface area (Å²) in [5.41, 5.74) is 4.88. The van der Waals surface area contributed by atoms with Crippen molar-refractivity contribution in [3.8, 4) is 16.9 Å². The third-order valence-corrected chi connectivity index (χ3v) is 7.54. The first-order valence-corrected chi connectivity index (χ1v) is 13.4. The van der Waals surface area contributed by atoms with Crippen LogP contribution in [0.5, 0.6) is 5.75 Å². The van der Waals surface area contributed by atoms with Crippen molar-refractivity contribution in [2.24, 2.45) is 5.73 Å². The highest BCUT2D eigenvalue weighted by atomic mass is 79.9. The molecule has 0 fully saturated rings. The third kappa shape index (κ3) is 5.69.